The number of aromatic amines is 1. The quantitative estimate of drug-likeness (QED) is 0.848. The first-order valence-corrected chi connectivity index (χ1v) is 4.95. The van der Waals surface area contributed by atoms with Crippen LogP contribution in [0, 0.1) is 0 Å². The highest BCUT2D eigenvalue weighted by Gasteiger charge is 2.33. The molecule has 4 nitrogen and oxygen atoms in total. The minimum atomic E-state index is -4.70. The van der Waals surface area contributed by atoms with E-state index in [1.807, 2.05) is 0 Å². The number of carbonyl (C=O) groups excluding carboxylic acids is 1. The van der Waals surface area contributed by atoms with Gasteiger partial charge in [0.2, 0.25) is 0 Å². The summed E-state index contributed by atoms with van der Waals surface area (Å²) >= 11 is 0. The minimum Gasteiger partial charge on any atom is -0.462 e. The maximum absolute atomic E-state index is 12.4. The summed E-state index contributed by atoms with van der Waals surface area (Å²) in [5.41, 5.74) is -3.10. The molecular formula is C11H10F3NO3. The van der Waals surface area contributed by atoms with Gasteiger partial charge in [0, 0.05) is 0 Å². The van der Waals surface area contributed by atoms with E-state index in [0.29, 0.717) is 6.07 Å². The van der Waals surface area contributed by atoms with Gasteiger partial charge in [0.25, 0.3) is 5.56 Å². The molecule has 0 aliphatic heterocycles. The molecule has 98 valence electrons. The topological polar surface area (TPSA) is 59.2 Å². The molecule has 1 N–H and O–H groups in total. The van der Waals surface area contributed by atoms with Crippen molar-refractivity contribution in [1.29, 1.82) is 0 Å². The highest BCUT2D eigenvalue weighted by atomic mass is 19.4. The number of ether oxygens (including phenoxy) is 1. The van der Waals surface area contributed by atoms with Gasteiger partial charge in [-0.25, -0.2) is 4.79 Å². The largest absolute Gasteiger partial charge is 0.462 e. The van der Waals surface area contributed by atoms with Crippen LogP contribution in [0.15, 0.2) is 17.4 Å². The Balaban J connectivity index is 3.43. The van der Waals surface area contributed by atoms with Crippen LogP contribution < -0.4 is 5.56 Å². The number of halogens is 3. The molecule has 0 aromatic carbocycles. The number of rotatable bonds is 3. The van der Waals surface area contributed by atoms with Crippen LogP contribution in [0.4, 0.5) is 13.2 Å². The third kappa shape index (κ3) is 2.79. The Labute approximate surface area is 100 Å². The molecule has 1 aromatic heterocycles. The van der Waals surface area contributed by atoms with Crippen molar-refractivity contribution in [2.75, 3.05) is 6.61 Å². The average Bonchev–Trinajstić information content (AvgIpc) is 2.26. The molecule has 0 saturated heterocycles. The van der Waals surface area contributed by atoms with Crippen molar-refractivity contribution in [2.45, 2.75) is 13.1 Å². The third-order valence-corrected chi connectivity index (χ3v) is 2.07. The van der Waals surface area contributed by atoms with E-state index in [9.17, 15) is 22.8 Å². The lowest BCUT2D eigenvalue weighted by Crippen LogP contribution is -2.25. The first kappa shape index (κ1) is 14.0. The second-order valence-corrected chi connectivity index (χ2v) is 3.26. The maximum Gasteiger partial charge on any atom is 0.431 e. The van der Waals surface area contributed by atoms with E-state index >= 15 is 0 Å². The normalized spacial score (nSPS) is 11.1. The van der Waals surface area contributed by atoms with Gasteiger partial charge in [-0.3, -0.25) is 4.79 Å². The zero-order valence-corrected chi connectivity index (χ0v) is 9.43. The van der Waals surface area contributed by atoms with Gasteiger partial charge in [-0.15, -0.1) is 0 Å². The Hall–Kier alpha value is -2.05. The van der Waals surface area contributed by atoms with Crippen molar-refractivity contribution in [2.24, 2.45) is 0 Å². The standard InChI is InChI=1S/C11H10F3NO3/c1-3-6-5-7(11(12,13)14)15-9(16)8(6)10(17)18-4-2/h3,5H,1,4H2,2H3,(H,15,16). The molecule has 0 aliphatic carbocycles. The van der Waals surface area contributed by atoms with Crippen molar-refractivity contribution in [3.63, 3.8) is 0 Å². The summed E-state index contributed by atoms with van der Waals surface area (Å²) in [5.74, 6) is -0.984. The molecule has 0 bridgehead atoms. The van der Waals surface area contributed by atoms with Crippen molar-refractivity contribution in [3.8, 4) is 0 Å². The van der Waals surface area contributed by atoms with Gasteiger partial charge in [0.05, 0.1) is 6.61 Å². The molecule has 0 unspecified atom stereocenters. The molecule has 0 radical (unpaired) electrons. The number of hydrogen-bond acceptors (Lipinski definition) is 3. The van der Waals surface area contributed by atoms with E-state index in [1.165, 1.54) is 6.92 Å². The fourth-order valence-electron chi connectivity index (χ4n) is 1.31. The SMILES string of the molecule is C=Cc1cc(C(F)(F)F)[nH]c(=O)c1C(=O)OCC. The van der Waals surface area contributed by atoms with E-state index in [4.69, 9.17) is 0 Å². The van der Waals surface area contributed by atoms with Crippen LogP contribution >= 0.6 is 0 Å². The summed E-state index contributed by atoms with van der Waals surface area (Å²) in [6.45, 7) is 4.80. The summed E-state index contributed by atoms with van der Waals surface area (Å²) in [7, 11) is 0. The lowest BCUT2D eigenvalue weighted by Gasteiger charge is -2.10. The predicted octanol–water partition coefficient (Wildman–Crippen LogP) is 2.21. The fourth-order valence-corrected chi connectivity index (χ4v) is 1.31. The van der Waals surface area contributed by atoms with Crippen LogP contribution in [0.2, 0.25) is 0 Å². The Bertz CT molecular complexity index is 531. The molecule has 0 atom stereocenters. The van der Waals surface area contributed by atoms with E-state index in [1.54, 1.807) is 4.98 Å². The number of carbonyl (C=O) groups is 1. The molecule has 1 aromatic rings. The molecular weight excluding hydrogens is 251 g/mol. The lowest BCUT2D eigenvalue weighted by atomic mass is 10.1. The van der Waals surface area contributed by atoms with Crippen LogP contribution in [0.3, 0.4) is 0 Å². The zero-order chi connectivity index (χ0) is 13.9. The van der Waals surface area contributed by atoms with Crippen LogP contribution in [0.5, 0.6) is 0 Å². The number of H-pyrrole nitrogens is 1. The molecule has 1 rings (SSSR count). The second kappa shape index (κ2) is 5.07. The highest BCUT2D eigenvalue weighted by molar-refractivity contribution is 5.93. The van der Waals surface area contributed by atoms with Crippen LogP contribution in [0.1, 0.15) is 28.5 Å². The van der Waals surface area contributed by atoms with Gasteiger partial charge in [0.15, 0.2) is 0 Å². The summed E-state index contributed by atoms with van der Waals surface area (Å²) in [6, 6.07) is 0.640. The van der Waals surface area contributed by atoms with Gasteiger partial charge in [-0.1, -0.05) is 12.7 Å². The number of pyridine rings is 1. The second-order valence-electron chi connectivity index (χ2n) is 3.26. The first-order valence-electron chi connectivity index (χ1n) is 4.95. The maximum atomic E-state index is 12.4. The van der Waals surface area contributed by atoms with Crippen molar-refractivity contribution in [3.05, 3.63) is 39.8 Å². The number of esters is 1. The summed E-state index contributed by atoms with van der Waals surface area (Å²) < 4.78 is 41.9. The van der Waals surface area contributed by atoms with Gasteiger partial charge in [0.1, 0.15) is 11.3 Å². The van der Waals surface area contributed by atoms with Gasteiger partial charge in [-0.2, -0.15) is 13.2 Å². The first-order chi connectivity index (χ1) is 8.31. The highest BCUT2D eigenvalue weighted by Crippen LogP contribution is 2.28. The zero-order valence-electron chi connectivity index (χ0n) is 9.43. The van der Waals surface area contributed by atoms with Gasteiger partial charge >= 0.3 is 12.1 Å². The molecule has 1 heterocycles. The molecule has 0 saturated carbocycles. The number of hydrogen-bond donors (Lipinski definition) is 1. The Morgan fingerprint density at radius 3 is 2.61 bits per heavy atom. The third-order valence-electron chi connectivity index (χ3n) is 2.07. The number of nitrogens with one attached hydrogen (secondary N) is 1. The van der Waals surface area contributed by atoms with Gasteiger partial charge < -0.3 is 9.72 Å². The van der Waals surface area contributed by atoms with E-state index in [2.05, 4.69) is 11.3 Å². The predicted molar refractivity (Wildman–Crippen MR) is 58.1 cm³/mol. The molecule has 0 fully saturated rings. The summed E-state index contributed by atoms with van der Waals surface area (Å²) in [6.07, 6.45) is -3.71. The summed E-state index contributed by atoms with van der Waals surface area (Å²) in [5, 5.41) is 0. The van der Waals surface area contributed by atoms with Crippen LogP contribution in [-0.2, 0) is 10.9 Å². The molecule has 0 aliphatic rings. The van der Waals surface area contributed by atoms with Crippen molar-refractivity contribution in [1.82, 2.24) is 4.98 Å². The van der Waals surface area contributed by atoms with E-state index in [-0.39, 0.29) is 12.2 Å². The monoisotopic (exact) mass is 261 g/mol. The van der Waals surface area contributed by atoms with E-state index < -0.39 is 29.0 Å². The van der Waals surface area contributed by atoms with Gasteiger partial charge in [-0.05, 0) is 18.6 Å². The molecule has 0 amide bonds. The molecule has 7 heteroatoms. The molecule has 18 heavy (non-hydrogen) atoms. The Morgan fingerprint density at radius 1 is 1.56 bits per heavy atom. The van der Waals surface area contributed by atoms with E-state index in [0.717, 1.165) is 6.08 Å². The Morgan fingerprint density at radius 2 is 2.17 bits per heavy atom. The van der Waals surface area contributed by atoms with Crippen molar-refractivity contribution >= 4 is 12.0 Å². The van der Waals surface area contributed by atoms with Crippen LogP contribution in [-0.4, -0.2) is 17.6 Å². The lowest BCUT2D eigenvalue weighted by molar-refractivity contribution is -0.141. The summed E-state index contributed by atoms with van der Waals surface area (Å²) in [4.78, 5) is 24.5. The smallest absolute Gasteiger partial charge is 0.431 e. The minimum absolute atomic E-state index is 0.00980. The van der Waals surface area contributed by atoms with Crippen LogP contribution in [0.25, 0.3) is 6.08 Å². The molecule has 0 spiro atoms. The average molecular weight is 261 g/mol. The fraction of sp³-hybridized carbons (Fsp3) is 0.273. The van der Waals surface area contributed by atoms with Crippen molar-refractivity contribution < 1.29 is 22.7 Å². The Kier molecular flexibility index (Phi) is 3.95. The number of aromatic nitrogens is 1. The number of alkyl halides is 3.